The molecule has 0 aromatic heterocycles. The molecule has 6 nitrogen and oxygen atoms in total. The highest BCUT2D eigenvalue weighted by atomic mass is 16.7. The average Bonchev–Trinajstić information content (AvgIpc) is 3.00. The summed E-state index contributed by atoms with van der Waals surface area (Å²) < 4.78 is 10.5. The molecule has 2 aromatic carbocycles. The van der Waals surface area contributed by atoms with E-state index < -0.39 is 4.92 Å². The van der Waals surface area contributed by atoms with Crippen molar-refractivity contribution >= 4 is 17.3 Å². The molecule has 0 bridgehead atoms. The summed E-state index contributed by atoms with van der Waals surface area (Å²) in [5.41, 5.74) is 1.86. The summed E-state index contributed by atoms with van der Waals surface area (Å²) >= 11 is 0. The van der Waals surface area contributed by atoms with Gasteiger partial charge in [-0.05, 0) is 47.5 Å². The maximum Gasteiger partial charge on any atom is 0.269 e. The molecule has 0 amide bonds. The molecular formula is C16H10N2O4. The zero-order valence-corrected chi connectivity index (χ0v) is 11.4. The number of non-ortho nitro benzene ring substituents is 1. The lowest BCUT2D eigenvalue weighted by Crippen LogP contribution is -1.92. The van der Waals surface area contributed by atoms with Gasteiger partial charge in [0.25, 0.3) is 5.69 Å². The molecule has 3 rings (SSSR count). The van der Waals surface area contributed by atoms with Crippen LogP contribution in [0.5, 0.6) is 11.5 Å². The minimum absolute atomic E-state index is 0.0127. The van der Waals surface area contributed by atoms with Crippen LogP contribution in [0.1, 0.15) is 11.1 Å². The number of fused-ring (bicyclic) bond motifs is 1. The first-order chi connectivity index (χ1) is 10.7. The fraction of sp³-hybridized carbons (Fsp3) is 0.0625. The fourth-order valence-corrected chi connectivity index (χ4v) is 2.10. The number of nitro groups is 1. The van der Waals surface area contributed by atoms with Gasteiger partial charge in [-0.3, -0.25) is 10.1 Å². The van der Waals surface area contributed by atoms with Gasteiger partial charge < -0.3 is 9.47 Å². The molecule has 0 spiro atoms. The number of allylic oxidation sites excluding steroid dienone is 1. The van der Waals surface area contributed by atoms with Crippen molar-refractivity contribution < 1.29 is 14.4 Å². The van der Waals surface area contributed by atoms with Crippen LogP contribution in [0.4, 0.5) is 5.69 Å². The van der Waals surface area contributed by atoms with Crippen LogP contribution in [0.25, 0.3) is 11.6 Å². The van der Waals surface area contributed by atoms with Gasteiger partial charge in [0, 0.05) is 12.1 Å². The smallest absolute Gasteiger partial charge is 0.269 e. The normalized spacial score (nSPS) is 12.8. The third-order valence-corrected chi connectivity index (χ3v) is 3.22. The number of ether oxygens (including phenoxy) is 2. The van der Waals surface area contributed by atoms with E-state index in [4.69, 9.17) is 9.47 Å². The Kier molecular flexibility index (Phi) is 3.46. The molecule has 0 N–H and O–H groups in total. The Bertz CT molecular complexity index is 804. The van der Waals surface area contributed by atoms with Crippen molar-refractivity contribution in [1.29, 1.82) is 5.26 Å². The van der Waals surface area contributed by atoms with Crippen LogP contribution in [0.3, 0.4) is 0 Å². The highest BCUT2D eigenvalue weighted by molar-refractivity contribution is 5.90. The van der Waals surface area contributed by atoms with Gasteiger partial charge in [0.15, 0.2) is 11.5 Å². The number of rotatable bonds is 3. The summed E-state index contributed by atoms with van der Waals surface area (Å²) in [6, 6.07) is 13.4. The van der Waals surface area contributed by atoms with E-state index in [0.717, 1.165) is 0 Å². The Hall–Kier alpha value is -3.33. The molecule has 108 valence electrons. The molecule has 1 aliphatic heterocycles. The first-order valence-electron chi connectivity index (χ1n) is 6.43. The molecular weight excluding hydrogens is 284 g/mol. The molecule has 0 aliphatic carbocycles. The summed E-state index contributed by atoms with van der Waals surface area (Å²) in [6.45, 7) is 0.173. The van der Waals surface area contributed by atoms with Gasteiger partial charge in [-0.15, -0.1) is 0 Å². The van der Waals surface area contributed by atoms with Gasteiger partial charge >= 0.3 is 0 Å². The topological polar surface area (TPSA) is 85.4 Å². The Labute approximate surface area is 126 Å². The van der Waals surface area contributed by atoms with Crippen molar-refractivity contribution in [2.75, 3.05) is 6.79 Å². The lowest BCUT2D eigenvalue weighted by Gasteiger charge is -2.02. The average molecular weight is 294 g/mol. The summed E-state index contributed by atoms with van der Waals surface area (Å²) in [6.07, 6.45) is 1.67. The SMILES string of the molecule is N#C/C(=C/c1ccc([N+](=O)[O-])cc1)c1ccc2c(c1)OCO2. The summed E-state index contributed by atoms with van der Waals surface area (Å²) in [4.78, 5) is 10.2. The third-order valence-electron chi connectivity index (χ3n) is 3.22. The second kappa shape index (κ2) is 5.58. The second-order valence-corrected chi connectivity index (χ2v) is 4.59. The highest BCUT2D eigenvalue weighted by Crippen LogP contribution is 2.34. The fourth-order valence-electron chi connectivity index (χ4n) is 2.10. The molecule has 2 aromatic rings. The highest BCUT2D eigenvalue weighted by Gasteiger charge is 2.14. The van der Waals surface area contributed by atoms with E-state index >= 15 is 0 Å². The molecule has 0 radical (unpaired) electrons. The van der Waals surface area contributed by atoms with E-state index in [9.17, 15) is 15.4 Å². The van der Waals surface area contributed by atoms with Crippen LogP contribution in [0, 0.1) is 21.4 Å². The number of benzene rings is 2. The molecule has 0 saturated heterocycles. The van der Waals surface area contributed by atoms with Crippen LogP contribution in [0.15, 0.2) is 42.5 Å². The van der Waals surface area contributed by atoms with Crippen molar-refractivity contribution in [3.63, 3.8) is 0 Å². The number of nitro benzene ring substituents is 1. The number of nitriles is 1. The largest absolute Gasteiger partial charge is 0.454 e. The Balaban J connectivity index is 1.93. The minimum Gasteiger partial charge on any atom is -0.454 e. The van der Waals surface area contributed by atoms with Crippen molar-refractivity contribution in [3.05, 3.63) is 63.7 Å². The predicted octanol–water partition coefficient (Wildman–Crippen LogP) is 3.39. The Morgan fingerprint density at radius 3 is 2.59 bits per heavy atom. The number of hydrogen-bond donors (Lipinski definition) is 0. The van der Waals surface area contributed by atoms with E-state index in [0.29, 0.717) is 28.2 Å². The standard InChI is InChI=1S/C16H10N2O4/c17-9-13(7-11-1-4-14(5-2-11)18(19)20)12-3-6-15-16(8-12)22-10-21-15/h1-8H,10H2/b13-7-. The van der Waals surface area contributed by atoms with Gasteiger partial charge in [0.2, 0.25) is 6.79 Å². The summed E-state index contributed by atoms with van der Waals surface area (Å²) in [7, 11) is 0. The van der Waals surface area contributed by atoms with E-state index in [1.165, 1.54) is 12.1 Å². The molecule has 0 unspecified atom stereocenters. The summed E-state index contributed by atoms with van der Waals surface area (Å²) in [5, 5.41) is 20.0. The monoisotopic (exact) mass is 294 g/mol. The van der Waals surface area contributed by atoms with Gasteiger partial charge in [-0.2, -0.15) is 5.26 Å². The van der Waals surface area contributed by atoms with E-state index in [1.54, 1.807) is 36.4 Å². The maximum absolute atomic E-state index is 10.6. The summed E-state index contributed by atoms with van der Waals surface area (Å²) in [5.74, 6) is 1.25. The Morgan fingerprint density at radius 1 is 1.18 bits per heavy atom. The van der Waals surface area contributed by atoms with E-state index in [-0.39, 0.29) is 12.5 Å². The molecule has 0 saturated carbocycles. The first kappa shape index (κ1) is 13.6. The predicted molar refractivity (Wildman–Crippen MR) is 79.1 cm³/mol. The quantitative estimate of drug-likeness (QED) is 0.375. The lowest BCUT2D eigenvalue weighted by molar-refractivity contribution is -0.384. The van der Waals surface area contributed by atoms with Gasteiger partial charge in [-0.1, -0.05) is 0 Å². The molecule has 0 atom stereocenters. The molecule has 0 fully saturated rings. The van der Waals surface area contributed by atoms with Gasteiger partial charge in [0.05, 0.1) is 16.6 Å². The lowest BCUT2D eigenvalue weighted by atomic mass is 10.0. The van der Waals surface area contributed by atoms with E-state index in [1.807, 2.05) is 0 Å². The van der Waals surface area contributed by atoms with Gasteiger partial charge in [-0.25, -0.2) is 0 Å². The van der Waals surface area contributed by atoms with Crippen molar-refractivity contribution in [2.24, 2.45) is 0 Å². The zero-order valence-electron chi connectivity index (χ0n) is 11.4. The van der Waals surface area contributed by atoms with Crippen LogP contribution in [-0.2, 0) is 0 Å². The van der Waals surface area contributed by atoms with Crippen molar-refractivity contribution in [3.8, 4) is 17.6 Å². The van der Waals surface area contributed by atoms with Crippen LogP contribution in [0.2, 0.25) is 0 Å². The van der Waals surface area contributed by atoms with Crippen LogP contribution < -0.4 is 9.47 Å². The van der Waals surface area contributed by atoms with Crippen molar-refractivity contribution in [1.82, 2.24) is 0 Å². The van der Waals surface area contributed by atoms with Crippen LogP contribution >= 0.6 is 0 Å². The molecule has 1 aliphatic rings. The van der Waals surface area contributed by atoms with Gasteiger partial charge in [0.1, 0.15) is 0 Å². The van der Waals surface area contributed by atoms with Crippen LogP contribution in [-0.4, -0.2) is 11.7 Å². The number of hydrogen-bond acceptors (Lipinski definition) is 5. The molecule has 1 heterocycles. The molecule has 22 heavy (non-hydrogen) atoms. The third kappa shape index (κ3) is 2.60. The first-order valence-corrected chi connectivity index (χ1v) is 6.43. The Morgan fingerprint density at radius 2 is 1.91 bits per heavy atom. The minimum atomic E-state index is -0.462. The number of nitrogens with zero attached hydrogens (tertiary/aromatic N) is 2. The maximum atomic E-state index is 10.6. The van der Waals surface area contributed by atoms with E-state index in [2.05, 4.69) is 6.07 Å². The second-order valence-electron chi connectivity index (χ2n) is 4.59. The zero-order chi connectivity index (χ0) is 15.5. The van der Waals surface area contributed by atoms with Crippen molar-refractivity contribution in [2.45, 2.75) is 0 Å². The molecule has 6 heteroatoms.